The summed E-state index contributed by atoms with van der Waals surface area (Å²) in [5.41, 5.74) is -0.654. The summed E-state index contributed by atoms with van der Waals surface area (Å²) in [4.78, 5) is 40.5. The number of methoxy groups -OCH3 is 1. The number of nitro benzene ring substituents is 1. The lowest BCUT2D eigenvalue weighted by atomic mass is 9.95. The molecule has 3 rings (SSSR count). The summed E-state index contributed by atoms with van der Waals surface area (Å²) in [7, 11) is 1.18. The van der Waals surface area contributed by atoms with E-state index in [2.05, 4.69) is 46.7 Å². The molecule has 0 saturated heterocycles. The summed E-state index contributed by atoms with van der Waals surface area (Å²) in [5, 5.41) is 16.3. The van der Waals surface area contributed by atoms with Gasteiger partial charge in [0, 0.05) is 26.0 Å². The highest BCUT2D eigenvalue weighted by atomic mass is 79.9. The second kappa shape index (κ2) is 10.0. The predicted molar refractivity (Wildman–Crippen MR) is 134 cm³/mol. The summed E-state index contributed by atoms with van der Waals surface area (Å²) < 4.78 is 12.2. The van der Waals surface area contributed by atoms with Gasteiger partial charge in [-0.1, -0.05) is 52.6 Å². The number of rotatable bonds is 6. The van der Waals surface area contributed by atoms with E-state index in [-0.39, 0.29) is 17.0 Å². The summed E-state index contributed by atoms with van der Waals surface area (Å²) >= 11 is 6.60. The van der Waals surface area contributed by atoms with Crippen LogP contribution < -0.4 is 10.3 Å². The van der Waals surface area contributed by atoms with Crippen LogP contribution in [0.1, 0.15) is 32.2 Å². The summed E-state index contributed by atoms with van der Waals surface area (Å²) in [6.07, 6.45) is 1.26. The Bertz CT molecular complexity index is 1380. The Balaban J connectivity index is 2.23. The number of hydrogen-bond donors (Lipinski definition) is 0. The maximum absolute atomic E-state index is 13.3. The van der Waals surface area contributed by atoms with Crippen LogP contribution in [-0.4, -0.2) is 40.5 Å². The minimum Gasteiger partial charge on any atom is -0.474 e. The average molecular weight is 596 g/mol. The molecule has 0 fully saturated rings. The number of carbonyl (C=O) groups excluding carboxylic acids is 1. The predicted octanol–water partition coefficient (Wildman–Crippen LogP) is 4.56. The van der Waals surface area contributed by atoms with Crippen molar-refractivity contribution < 1.29 is 19.2 Å². The lowest BCUT2D eigenvalue weighted by molar-refractivity contribution is -0.385. The number of aromatic nitrogens is 2. The molecule has 178 valence electrons. The van der Waals surface area contributed by atoms with E-state index in [1.54, 1.807) is 18.2 Å². The van der Waals surface area contributed by atoms with Gasteiger partial charge in [0.2, 0.25) is 5.75 Å². The number of fused-ring (bicyclic) bond motifs is 1. The maximum atomic E-state index is 13.3. The van der Waals surface area contributed by atoms with Gasteiger partial charge in [0.1, 0.15) is 5.82 Å². The number of nitro groups is 1. The Kier molecular flexibility index (Phi) is 7.51. The minimum absolute atomic E-state index is 0.172. The molecule has 12 heteroatoms. The largest absolute Gasteiger partial charge is 0.474 e. The van der Waals surface area contributed by atoms with Gasteiger partial charge < -0.3 is 9.47 Å². The van der Waals surface area contributed by atoms with Crippen molar-refractivity contribution in [2.24, 2.45) is 5.10 Å². The van der Waals surface area contributed by atoms with E-state index in [1.807, 2.05) is 20.8 Å². The van der Waals surface area contributed by atoms with Gasteiger partial charge in [-0.3, -0.25) is 14.9 Å². The zero-order valence-electron chi connectivity index (χ0n) is 18.7. The zero-order valence-corrected chi connectivity index (χ0v) is 21.8. The van der Waals surface area contributed by atoms with Gasteiger partial charge in [0.15, 0.2) is 6.61 Å². The van der Waals surface area contributed by atoms with Crippen molar-refractivity contribution in [3.63, 3.8) is 0 Å². The Hall–Kier alpha value is -3.12. The van der Waals surface area contributed by atoms with Crippen LogP contribution in [0.3, 0.4) is 0 Å². The molecule has 0 saturated carbocycles. The highest BCUT2D eigenvalue weighted by Gasteiger charge is 2.24. The first kappa shape index (κ1) is 25.5. The van der Waals surface area contributed by atoms with E-state index in [0.29, 0.717) is 25.7 Å². The highest BCUT2D eigenvalue weighted by molar-refractivity contribution is 9.10. The van der Waals surface area contributed by atoms with Crippen LogP contribution in [0.25, 0.3) is 10.9 Å². The van der Waals surface area contributed by atoms with Gasteiger partial charge >= 0.3 is 11.7 Å². The number of carbonyl (C=O) groups is 1. The molecule has 0 bridgehead atoms. The van der Waals surface area contributed by atoms with Gasteiger partial charge in [-0.05, 0) is 24.3 Å². The van der Waals surface area contributed by atoms with Gasteiger partial charge in [0.25, 0.3) is 5.56 Å². The van der Waals surface area contributed by atoms with Gasteiger partial charge in [-0.2, -0.15) is 9.78 Å². The van der Waals surface area contributed by atoms with Crippen molar-refractivity contribution in [2.75, 3.05) is 13.7 Å². The standard InChI is InChI=1S/C22H20Br2N4O6/c1-22(2,3)21-26-16-6-5-13(23)8-15(16)20(30)27(21)25-10-12-7-14(24)9-17(28(31)32)19(12)34-11-18(29)33-4/h5-10H,11H2,1-4H3. The molecule has 2 aromatic carbocycles. The number of ether oxygens (including phenoxy) is 2. The van der Waals surface area contributed by atoms with E-state index in [4.69, 9.17) is 4.74 Å². The molecule has 3 aromatic rings. The Labute approximate surface area is 211 Å². The Morgan fingerprint density at radius 2 is 1.94 bits per heavy atom. The number of halogens is 2. The second-order valence-electron chi connectivity index (χ2n) is 8.17. The van der Waals surface area contributed by atoms with E-state index in [0.717, 1.165) is 4.68 Å². The summed E-state index contributed by atoms with van der Waals surface area (Å²) in [6, 6.07) is 7.95. The molecule has 0 N–H and O–H groups in total. The third-order valence-electron chi connectivity index (χ3n) is 4.61. The molecule has 0 aliphatic heterocycles. The Morgan fingerprint density at radius 3 is 2.56 bits per heavy atom. The van der Waals surface area contributed by atoms with Crippen LogP contribution >= 0.6 is 31.9 Å². The maximum Gasteiger partial charge on any atom is 0.343 e. The van der Waals surface area contributed by atoms with Crippen LogP contribution in [0.2, 0.25) is 0 Å². The number of benzene rings is 2. The van der Waals surface area contributed by atoms with Crippen molar-refractivity contribution in [1.82, 2.24) is 9.66 Å². The number of nitrogens with zero attached hydrogens (tertiary/aromatic N) is 4. The number of hydrogen-bond acceptors (Lipinski definition) is 8. The van der Waals surface area contributed by atoms with E-state index < -0.39 is 28.5 Å². The molecule has 0 aliphatic carbocycles. The first-order valence-corrected chi connectivity index (χ1v) is 11.5. The fourth-order valence-corrected chi connectivity index (χ4v) is 3.86. The normalized spacial score (nSPS) is 11.7. The molecule has 0 aliphatic rings. The zero-order chi connectivity index (χ0) is 25.2. The fourth-order valence-electron chi connectivity index (χ4n) is 3.04. The van der Waals surface area contributed by atoms with Crippen molar-refractivity contribution in [1.29, 1.82) is 0 Å². The van der Waals surface area contributed by atoms with E-state index in [1.165, 1.54) is 25.5 Å². The minimum atomic E-state index is -0.712. The van der Waals surface area contributed by atoms with E-state index in [9.17, 15) is 19.7 Å². The molecule has 0 amide bonds. The SMILES string of the molecule is COC(=O)COc1c(C=Nn2c(C(C)(C)C)nc3ccc(Br)cc3c2=O)cc(Br)cc1[N+](=O)[O-]. The lowest BCUT2D eigenvalue weighted by Crippen LogP contribution is -2.29. The topological polar surface area (TPSA) is 126 Å². The monoisotopic (exact) mass is 594 g/mol. The first-order valence-electron chi connectivity index (χ1n) is 9.87. The molecule has 0 unspecified atom stereocenters. The van der Waals surface area contributed by atoms with Crippen molar-refractivity contribution in [2.45, 2.75) is 26.2 Å². The van der Waals surface area contributed by atoms with E-state index >= 15 is 0 Å². The van der Waals surface area contributed by atoms with Crippen LogP contribution in [-0.2, 0) is 14.9 Å². The first-order chi connectivity index (χ1) is 15.9. The summed E-state index contributed by atoms with van der Waals surface area (Å²) in [5.74, 6) is -0.509. The smallest absolute Gasteiger partial charge is 0.343 e. The average Bonchev–Trinajstić information content (AvgIpc) is 2.76. The highest BCUT2D eigenvalue weighted by Crippen LogP contribution is 2.34. The third kappa shape index (κ3) is 5.50. The van der Waals surface area contributed by atoms with Crippen LogP contribution in [0.15, 0.2) is 49.2 Å². The van der Waals surface area contributed by atoms with Gasteiger partial charge in [-0.15, -0.1) is 0 Å². The molecule has 1 heterocycles. The lowest BCUT2D eigenvalue weighted by Gasteiger charge is -2.21. The van der Waals surface area contributed by atoms with Crippen LogP contribution in [0.5, 0.6) is 5.75 Å². The quantitative estimate of drug-likeness (QED) is 0.177. The van der Waals surface area contributed by atoms with Crippen LogP contribution in [0, 0.1) is 10.1 Å². The fraction of sp³-hybridized carbons (Fsp3) is 0.273. The molecule has 0 atom stereocenters. The molecule has 10 nitrogen and oxygen atoms in total. The van der Waals surface area contributed by atoms with Crippen molar-refractivity contribution in [3.8, 4) is 5.75 Å². The molecular formula is C22H20Br2N4O6. The van der Waals surface area contributed by atoms with Crippen LogP contribution in [0.4, 0.5) is 5.69 Å². The van der Waals surface area contributed by atoms with Gasteiger partial charge in [0.05, 0.1) is 29.2 Å². The Morgan fingerprint density at radius 1 is 1.24 bits per heavy atom. The molecular weight excluding hydrogens is 576 g/mol. The van der Waals surface area contributed by atoms with Crippen molar-refractivity contribution >= 4 is 60.6 Å². The molecule has 0 spiro atoms. The summed E-state index contributed by atoms with van der Waals surface area (Å²) in [6.45, 7) is 5.12. The van der Waals surface area contributed by atoms with Gasteiger partial charge in [-0.25, -0.2) is 9.78 Å². The molecule has 34 heavy (non-hydrogen) atoms. The molecule has 1 aromatic heterocycles. The molecule has 0 radical (unpaired) electrons. The third-order valence-corrected chi connectivity index (χ3v) is 5.56. The second-order valence-corrected chi connectivity index (χ2v) is 10.0. The van der Waals surface area contributed by atoms with Crippen molar-refractivity contribution in [3.05, 3.63) is 71.1 Å². The number of esters is 1.